The number of carbonyl (C=O) groups excluding carboxylic acids is 1. The lowest BCUT2D eigenvalue weighted by atomic mass is 10.1. The molecule has 0 spiro atoms. The van der Waals surface area contributed by atoms with Crippen molar-refractivity contribution in [2.75, 3.05) is 36.7 Å². The third-order valence-corrected chi connectivity index (χ3v) is 4.76. The number of nitrogens with one attached hydrogen (secondary N) is 1. The Labute approximate surface area is 114 Å². The van der Waals surface area contributed by atoms with Crippen molar-refractivity contribution in [1.29, 1.82) is 0 Å². The molecule has 0 aromatic rings. The summed E-state index contributed by atoms with van der Waals surface area (Å²) < 4.78 is 27.0. The van der Waals surface area contributed by atoms with Crippen LogP contribution in [0.25, 0.3) is 0 Å². The molecule has 0 saturated carbocycles. The van der Waals surface area contributed by atoms with Crippen molar-refractivity contribution in [2.24, 2.45) is 0 Å². The van der Waals surface area contributed by atoms with E-state index in [0.29, 0.717) is 24.7 Å². The molecule has 108 valence electrons. The molecule has 0 amide bonds. The van der Waals surface area contributed by atoms with Gasteiger partial charge in [0.05, 0.1) is 12.4 Å². The van der Waals surface area contributed by atoms with E-state index in [4.69, 9.17) is 4.74 Å². The van der Waals surface area contributed by atoms with Crippen LogP contribution in [0.15, 0.2) is 0 Å². The smallest absolute Gasteiger partial charge is 0.326 e. The fourth-order valence-corrected chi connectivity index (χ4v) is 3.80. The minimum atomic E-state index is -2.94. The number of likely N-dealkylation sites (N-methyl/N-ethyl adjacent to an activating group) is 1. The van der Waals surface area contributed by atoms with E-state index >= 15 is 0 Å². The van der Waals surface area contributed by atoms with Gasteiger partial charge in [-0.2, -0.15) is 11.8 Å². The van der Waals surface area contributed by atoms with E-state index in [-0.39, 0.29) is 11.7 Å². The standard InChI is InChI=1S/C11H23NO4S2/c1-5-12-11(3,10(13)16-6-2)9-17-7-8-18(4,14)15/h12H,5-9H2,1-4H3. The molecular weight excluding hydrogens is 274 g/mol. The predicted octanol–water partition coefficient (Wildman–Crippen LogP) is 0.695. The van der Waals surface area contributed by atoms with Gasteiger partial charge in [0.25, 0.3) is 0 Å². The van der Waals surface area contributed by atoms with Crippen LogP contribution in [-0.2, 0) is 19.4 Å². The topological polar surface area (TPSA) is 72.5 Å². The van der Waals surface area contributed by atoms with Gasteiger partial charge in [-0.25, -0.2) is 8.42 Å². The average molecular weight is 297 g/mol. The Bertz CT molecular complexity index is 356. The summed E-state index contributed by atoms with van der Waals surface area (Å²) in [6.07, 6.45) is 1.21. The van der Waals surface area contributed by atoms with E-state index < -0.39 is 15.4 Å². The van der Waals surface area contributed by atoms with Crippen LogP contribution < -0.4 is 5.32 Å². The number of esters is 1. The van der Waals surface area contributed by atoms with Gasteiger partial charge in [-0.15, -0.1) is 0 Å². The summed E-state index contributed by atoms with van der Waals surface area (Å²) in [6.45, 7) is 6.46. The molecule has 18 heavy (non-hydrogen) atoms. The monoisotopic (exact) mass is 297 g/mol. The first-order valence-electron chi connectivity index (χ1n) is 5.93. The normalized spacial score (nSPS) is 15.1. The second-order valence-corrected chi connectivity index (χ2v) is 7.63. The van der Waals surface area contributed by atoms with E-state index in [9.17, 15) is 13.2 Å². The highest BCUT2D eigenvalue weighted by atomic mass is 32.2. The lowest BCUT2D eigenvalue weighted by Crippen LogP contribution is -2.52. The van der Waals surface area contributed by atoms with E-state index in [0.717, 1.165) is 0 Å². The Kier molecular flexibility index (Phi) is 7.89. The quantitative estimate of drug-likeness (QED) is 0.499. The van der Waals surface area contributed by atoms with E-state index in [1.54, 1.807) is 13.8 Å². The fourth-order valence-electron chi connectivity index (χ4n) is 1.35. The van der Waals surface area contributed by atoms with Crippen LogP contribution in [0.2, 0.25) is 0 Å². The van der Waals surface area contributed by atoms with E-state index in [2.05, 4.69) is 5.32 Å². The Hall–Kier alpha value is -0.270. The summed E-state index contributed by atoms with van der Waals surface area (Å²) >= 11 is 1.44. The van der Waals surface area contributed by atoms with Gasteiger partial charge >= 0.3 is 5.97 Å². The van der Waals surface area contributed by atoms with Crippen molar-refractivity contribution in [3.63, 3.8) is 0 Å². The highest BCUT2D eigenvalue weighted by Crippen LogP contribution is 2.15. The predicted molar refractivity (Wildman–Crippen MR) is 75.8 cm³/mol. The molecule has 0 rings (SSSR count). The number of sulfone groups is 1. The molecule has 5 nitrogen and oxygen atoms in total. The van der Waals surface area contributed by atoms with Crippen LogP contribution in [0, 0.1) is 0 Å². The van der Waals surface area contributed by atoms with Gasteiger partial charge in [0.15, 0.2) is 0 Å². The third kappa shape index (κ3) is 7.23. The summed E-state index contributed by atoms with van der Waals surface area (Å²) in [4.78, 5) is 11.8. The molecule has 0 aliphatic rings. The minimum absolute atomic E-state index is 0.128. The molecule has 0 radical (unpaired) electrons. The van der Waals surface area contributed by atoms with Gasteiger partial charge in [0.1, 0.15) is 15.4 Å². The summed E-state index contributed by atoms with van der Waals surface area (Å²) in [5, 5.41) is 3.10. The molecule has 1 unspecified atom stereocenters. The molecule has 1 N–H and O–H groups in total. The molecule has 0 aromatic heterocycles. The number of ether oxygens (including phenoxy) is 1. The molecule has 0 aromatic carbocycles. The first-order valence-corrected chi connectivity index (χ1v) is 9.14. The van der Waals surface area contributed by atoms with Crippen molar-refractivity contribution in [1.82, 2.24) is 5.32 Å². The largest absolute Gasteiger partial charge is 0.465 e. The first-order chi connectivity index (χ1) is 8.25. The Morgan fingerprint density at radius 2 is 2.00 bits per heavy atom. The highest BCUT2D eigenvalue weighted by molar-refractivity contribution is 8.00. The third-order valence-electron chi connectivity index (χ3n) is 2.28. The van der Waals surface area contributed by atoms with Crippen LogP contribution in [-0.4, -0.2) is 56.6 Å². The molecule has 0 bridgehead atoms. The fraction of sp³-hybridized carbons (Fsp3) is 0.909. The first kappa shape index (κ1) is 17.7. The second-order valence-electron chi connectivity index (χ2n) is 4.27. The Balaban J connectivity index is 4.30. The Morgan fingerprint density at radius 1 is 1.39 bits per heavy atom. The number of rotatable bonds is 9. The SMILES string of the molecule is CCNC(C)(CSCCS(C)(=O)=O)C(=O)OCC. The maximum atomic E-state index is 11.8. The maximum Gasteiger partial charge on any atom is 0.326 e. The molecule has 0 fully saturated rings. The van der Waals surface area contributed by atoms with Crippen LogP contribution in [0.3, 0.4) is 0 Å². The zero-order valence-electron chi connectivity index (χ0n) is 11.5. The van der Waals surface area contributed by atoms with Gasteiger partial charge in [0, 0.05) is 17.8 Å². The van der Waals surface area contributed by atoms with Crippen molar-refractivity contribution >= 4 is 27.6 Å². The lowest BCUT2D eigenvalue weighted by molar-refractivity contribution is -0.149. The van der Waals surface area contributed by atoms with Gasteiger partial charge in [-0.1, -0.05) is 6.92 Å². The molecule has 0 heterocycles. The second kappa shape index (κ2) is 8.01. The minimum Gasteiger partial charge on any atom is -0.465 e. The summed E-state index contributed by atoms with van der Waals surface area (Å²) in [7, 11) is -2.94. The molecule has 1 atom stereocenters. The highest BCUT2D eigenvalue weighted by Gasteiger charge is 2.33. The van der Waals surface area contributed by atoms with Crippen molar-refractivity contribution in [2.45, 2.75) is 26.3 Å². The van der Waals surface area contributed by atoms with Crippen molar-refractivity contribution in [3.8, 4) is 0 Å². The zero-order chi connectivity index (χ0) is 14.2. The lowest BCUT2D eigenvalue weighted by Gasteiger charge is -2.27. The van der Waals surface area contributed by atoms with Gasteiger partial charge < -0.3 is 10.1 Å². The Morgan fingerprint density at radius 3 is 2.44 bits per heavy atom. The van der Waals surface area contributed by atoms with Crippen molar-refractivity contribution < 1.29 is 17.9 Å². The van der Waals surface area contributed by atoms with E-state index in [1.807, 2.05) is 6.92 Å². The number of hydrogen-bond acceptors (Lipinski definition) is 6. The zero-order valence-corrected chi connectivity index (χ0v) is 13.1. The molecular formula is C11H23NO4S2. The van der Waals surface area contributed by atoms with Crippen LogP contribution in [0.4, 0.5) is 0 Å². The summed E-state index contributed by atoms with van der Waals surface area (Å²) in [5.74, 6) is 0.815. The van der Waals surface area contributed by atoms with Crippen molar-refractivity contribution in [3.05, 3.63) is 0 Å². The van der Waals surface area contributed by atoms with Gasteiger partial charge in [0.2, 0.25) is 0 Å². The van der Waals surface area contributed by atoms with Gasteiger partial charge in [-0.05, 0) is 20.4 Å². The number of carbonyl (C=O) groups is 1. The molecule has 7 heteroatoms. The average Bonchev–Trinajstić information content (AvgIpc) is 2.24. The molecule has 0 saturated heterocycles. The van der Waals surface area contributed by atoms with Crippen LogP contribution >= 0.6 is 11.8 Å². The van der Waals surface area contributed by atoms with E-state index in [1.165, 1.54) is 18.0 Å². The summed E-state index contributed by atoms with van der Waals surface area (Å²) in [5.41, 5.74) is -0.757. The summed E-state index contributed by atoms with van der Waals surface area (Å²) in [6, 6.07) is 0. The van der Waals surface area contributed by atoms with Crippen LogP contribution in [0.1, 0.15) is 20.8 Å². The maximum absolute atomic E-state index is 11.8. The number of thioether (sulfide) groups is 1. The molecule has 0 aliphatic heterocycles. The number of hydrogen-bond donors (Lipinski definition) is 1. The van der Waals surface area contributed by atoms with Gasteiger partial charge in [-0.3, -0.25) is 4.79 Å². The van der Waals surface area contributed by atoms with Crippen LogP contribution in [0.5, 0.6) is 0 Å². The molecule has 0 aliphatic carbocycles.